The Kier molecular flexibility index (Phi) is 10.8. The Morgan fingerprint density at radius 3 is 1.85 bits per heavy atom. The zero-order valence-corrected chi connectivity index (χ0v) is 27.9. The molecule has 5 atom stereocenters. The molecule has 0 bridgehead atoms. The maximum absolute atomic E-state index is 13.9. The second-order valence-corrected chi connectivity index (χ2v) is 12.0. The van der Waals surface area contributed by atoms with Crippen molar-refractivity contribution in [3.05, 3.63) is 118 Å². The van der Waals surface area contributed by atoms with Crippen LogP contribution in [0.25, 0.3) is 34.4 Å². The number of hydrogen-bond acceptors (Lipinski definition) is 15. The third-order valence-electron chi connectivity index (χ3n) is 8.18. The van der Waals surface area contributed by atoms with E-state index in [2.05, 4.69) is 0 Å². The molecule has 6 rings (SSSR count). The van der Waals surface area contributed by atoms with E-state index in [1.165, 1.54) is 72.8 Å². The van der Waals surface area contributed by atoms with Gasteiger partial charge in [-0.25, -0.2) is 9.59 Å². The van der Waals surface area contributed by atoms with Crippen LogP contribution >= 0.6 is 0 Å². The molecule has 0 spiro atoms. The molecule has 1 aromatic heterocycles. The van der Waals surface area contributed by atoms with Crippen molar-refractivity contribution in [1.29, 1.82) is 0 Å². The van der Waals surface area contributed by atoms with Gasteiger partial charge < -0.3 is 59.1 Å². The maximum Gasteiger partial charge on any atom is 0.331 e. The molecule has 1 aliphatic rings. The van der Waals surface area contributed by atoms with Crippen LogP contribution in [0.2, 0.25) is 0 Å². The van der Waals surface area contributed by atoms with Crippen molar-refractivity contribution < 1.29 is 68.7 Å². The minimum atomic E-state index is -2.00. The van der Waals surface area contributed by atoms with Crippen molar-refractivity contribution in [1.82, 2.24) is 0 Å². The lowest BCUT2D eigenvalue weighted by atomic mass is 9.98. The Bertz CT molecular complexity index is 2260. The van der Waals surface area contributed by atoms with Gasteiger partial charge in [-0.2, -0.15) is 0 Å². The van der Waals surface area contributed by atoms with E-state index in [1.807, 2.05) is 0 Å². The summed E-state index contributed by atoms with van der Waals surface area (Å²) < 4.78 is 28.3. The van der Waals surface area contributed by atoms with E-state index in [0.717, 1.165) is 24.3 Å². The standard InChI is InChI=1S/C39H32O15/c40-23-9-1-20(2-10-23)5-15-30(45)50-19-29-33(47)37(53-31(46)16-6-21-3-11-24(41)12-4-21)35(49)39(52-29)54-38-34(48)32-27(44)17-26(43)18-28(32)51-36(38)22-7-13-25(42)14-8-22/h1-18,29,33,35,37,39-44,47,49H,19H2/t29-,33-,35+,37-,39+/m0/s1. The van der Waals surface area contributed by atoms with Crippen molar-refractivity contribution in [2.75, 3.05) is 6.61 Å². The van der Waals surface area contributed by atoms with E-state index in [4.69, 9.17) is 23.4 Å². The molecule has 2 heterocycles. The zero-order chi connectivity index (χ0) is 38.5. The quantitative estimate of drug-likeness (QED) is 0.0798. The molecule has 54 heavy (non-hydrogen) atoms. The van der Waals surface area contributed by atoms with Gasteiger partial charge in [0.2, 0.25) is 17.5 Å². The number of benzene rings is 4. The molecular formula is C39H32O15. The Hall–Kier alpha value is -6.81. The third-order valence-corrected chi connectivity index (χ3v) is 8.18. The summed E-state index contributed by atoms with van der Waals surface area (Å²) >= 11 is 0. The lowest BCUT2D eigenvalue weighted by Crippen LogP contribution is -2.61. The topological polar surface area (TPSA) is 243 Å². The maximum atomic E-state index is 13.9. The van der Waals surface area contributed by atoms with E-state index in [-0.39, 0.29) is 34.2 Å². The van der Waals surface area contributed by atoms with Crippen LogP contribution in [0.15, 0.2) is 106 Å². The van der Waals surface area contributed by atoms with Gasteiger partial charge in [0, 0.05) is 29.8 Å². The molecule has 1 aliphatic heterocycles. The molecule has 1 fully saturated rings. The van der Waals surface area contributed by atoms with Gasteiger partial charge in [-0.15, -0.1) is 0 Å². The Balaban J connectivity index is 1.32. The SMILES string of the molecule is O=C(C=Cc1ccc(O)cc1)OC[C@@H]1O[C@H](Oc2c(-c3ccc(O)cc3)oc3cc(O)cc(O)c3c2=O)[C@H](O)[C@@H](OC(=O)C=Cc2ccc(O)cc2)[C@H]1O. The molecule has 278 valence electrons. The van der Waals surface area contributed by atoms with E-state index >= 15 is 0 Å². The molecule has 0 saturated carbocycles. The Morgan fingerprint density at radius 1 is 0.704 bits per heavy atom. The first-order chi connectivity index (χ1) is 25.9. The van der Waals surface area contributed by atoms with Crippen LogP contribution in [-0.2, 0) is 23.8 Å². The van der Waals surface area contributed by atoms with Gasteiger partial charge in [0.25, 0.3) is 0 Å². The van der Waals surface area contributed by atoms with Crippen LogP contribution in [0.4, 0.5) is 0 Å². The molecular weight excluding hydrogens is 708 g/mol. The molecule has 0 unspecified atom stereocenters. The van der Waals surface area contributed by atoms with E-state index in [1.54, 1.807) is 12.1 Å². The summed E-state index contributed by atoms with van der Waals surface area (Å²) in [6, 6.07) is 19.0. The molecule has 15 nitrogen and oxygen atoms in total. The lowest BCUT2D eigenvalue weighted by molar-refractivity contribution is -0.281. The molecule has 1 saturated heterocycles. The summed E-state index contributed by atoms with van der Waals surface area (Å²) in [6.45, 7) is -0.666. The van der Waals surface area contributed by atoms with E-state index in [9.17, 15) is 50.1 Å². The number of aliphatic hydroxyl groups is 2. The highest BCUT2D eigenvalue weighted by atomic mass is 16.7. The number of fused-ring (bicyclic) bond motifs is 1. The molecule has 4 aromatic carbocycles. The number of phenols is 5. The number of aromatic hydroxyl groups is 5. The molecule has 0 amide bonds. The summed E-state index contributed by atoms with van der Waals surface area (Å²) in [6.07, 6.45) is -4.24. The first-order valence-electron chi connectivity index (χ1n) is 16.2. The summed E-state index contributed by atoms with van der Waals surface area (Å²) in [5.41, 5.74) is 0.00793. The summed E-state index contributed by atoms with van der Waals surface area (Å²) in [5.74, 6) is -4.01. The van der Waals surface area contributed by atoms with E-state index < -0.39 is 77.3 Å². The highest BCUT2D eigenvalue weighted by molar-refractivity contribution is 5.89. The number of rotatable bonds is 10. The monoisotopic (exact) mass is 740 g/mol. The fourth-order valence-electron chi connectivity index (χ4n) is 5.46. The predicted molar refractivity (Wildman–Crippen MR) is 189 cm³/mol. The number of carbonyl (C=O) groups excluding carboxylic acids is 2. The van der Waals surface area contributed by atoms with Gasteiger partial charge in [-0.1, -0.05) is 24.3 Å². The fraction of sp³-hybridized carbons (Fsp3) is 0.154. The first-order valence-corrected chi connectivity index (χ1v) is 16.2. The number of ether oxygens (including phenoxy) is 4. The predicted octanol–water partition coefficient (Wildman–Crippen LogP) is 3.70. The van der Waals surface area contributed by atoms with Crippen molar-refractivity contribution in [2.24, 2.45) is 0 Å². The molecule has 7 N–H and O–H groups in total. The van der Waals surface area contributed by atoms with Crippen LogP contribution in [-0.4, -0.2) is 85.0 Å². The summed E-state index contributed by atoms with van der Waals surface area (Å²) in [5, 5.41) is 71.7. The summed E-state index contributed by atoms with van der Waals surface area (Å²) in [7, 11) is 0. The zero-order valence-electron chi connectivity index (χ0n) is 27.9. The number of hydrogen-bond donors (Lipinski definition) is 7. The Labute approximate surface area is 305 Å². The smallest absolute Gasteiger partial charge is 0.331 e. The molecule has 0 aliphatic carbocycles. The van der Waals surface area contributed by atoms with Gasteiger partial charge in [0.05, 0.1) is 0 Å². The number of carbonyl (C=O) groups is 2. The van der Waals surface area contributed by atoms with Gasteiger partial charge in [-0.3, -0.25) is 4.79 Å². The van der Waals surface area contributed by atoms with Gasteiger partial charge in [-0.05, 0) is 71.8 Å². The minimum absolute atomic E-state index is 0.000756. The second kappa shape index (κ2) is 15.8. The van der Waals surface area contributed by atoms with Crippen molar-refractivity contribution in [3.63, 3.8) is 0 Å². The van der Waals surface area contributed by atoms with Gasteiger partial charge in [0.1, 0.15) is 58.5 Å². The van der Waals surface area contributed by atoms with Crippen molar-refractivity contribution in [3.8, 4) is 45.8 Å². The average Bonchev–Trinajstić information content (AvgIpc) is 3.14. The molecule has 0 radical (unpaired) electrons. The third kappa shape index (κ3) is 8.45. The first kappa shape index (κ1) is 37.0. The van der Waals surface area contributed by atoms with Crippen LogP contribution < -0.4 is 10.2 Å². The lowest BCUT2D eigenvalue weighted by Gasteiger charge is -2.41. The highest BCUT2D eigenvalue weighted by Gasteiger charge is 2.49. The van der Waals surface area contributed by atoms with Crippen molar-refractivity contribution >= 4 is 35.1 Å². The number of aliphatic hydroxyl groups excluding tert-OH is 2. The average molecular weight is 741 g/mol. The fourth-order valence-corrected chi connectivity index (χ4v) is 5.46. The van der Waals surface area contributed by atoms with Crippen LogP contribution in [0.5, 0.6) is 34.5 Å². The van der Waals surface area contributed by atoms with Crippen LogP contribution in [0.3, 0.4) is 0 Å². The second-order valence-electron chi connectivity index (χ2n) is 12.0. The molecule has 5 aromatic rings. The van der Waals surface area contributed by atoms with E-state index in [0.29, 0.717) is 11.1 Å². The van der Waals surface area contributed by atoms with Gasteiger partial charge >= 0.3 is 11.9 Å². The number of esters is 2. The largest absolute Gasteiger partial charge is 0.508 e. The highest BCUT2D eigenvalue weighted by Crippen LogP contribution is 2.38. The molecule has 15 heteroatoms. The summed E-state index contributed by atoms with van der Waals surface area (Å²) in [4.78, 5) is 39.5. The minimum Gasteiger partial charge on any atom is -0.508 e. The van der Waals surface area contributed by atoms with Gasteiger partial charge in [0.15, 0.2) is 18.0 Å². The van der Waals surface area contributed by atoms with Crippen molar-refractivity contribution in [2.45, 2.75) is 30.7 Å². The van der Waals surface area contributed by atoms with Crippen LogP contribution in [0.1, 0.15) is 11.1 Å². The normalized spacial score (nSPS) is 19.9. The van der Waals surface area contributed by atoms with Crippen LogP contribution in [0, 0.1) is 0 Å². The Morgan fingerprint density at radius 2 is 1.26 bits per heavy atom. The number of phenolic OH excluding ortho intramolecular Hbond substituents is 5.